The fourth-order valence-corrected chi connectivity index (χ4v) is 2.87. The number of nitrogens with two attached hydrogens (primary N) is 1. The molecule has 1 aliphatic heterocycles. The SMILES string of the molecule is CC=S(N)(=O)C1=Nc2cc(Cl)ncc2SN1. The molecule has 5 nitrogen and oxygen atoms in total. The number of pyridine rings is 1. The Labute approximate surface area is 103 Å². The number of nitrogens with one attached hydrogen (secondary N) is 1. The van der Waals surface area contributed by atoms with Crippen molar-refractivity contribution in [1.82, 2.24) is 9.71 Å². The van der Waals surface area contributed by atoms with Crippen LogP contribution in [0.3, 0.4) is 0 Å². The van der Waals surface area contributed by atoms with Gasteiger partial charge in [0.15, 0.2) is 0 Å². The Morgan fingerprint density at radius 1 is 1.69 bits per heavy atom. The lowest BCUT2D eigenvalue weighted by Crippen LogP contribution is -2.34. The molecule has 8 heteroatoms. The van der Waals surface area contributed by atoms with Crippen LogP contribution in [0.2, 0.25) is 5.15 Å². The first kappa shape index (κ1) is 11.7. The molecule has 1 unspecified atom stereocenters. The maximum atomic E-state index is 11.9. The Balaban J connectivity index is 2.54. The van der Waals surface area contributed by atoms with Crippen molar-refractivity contribution in [3.05, 3.63) is 17.4 Å². The molecule has 1 aliphatic rings. The zero-order valence-corrected chi connectivity index (χ0v) is 10.7. The Bertz CT molecular complexity index is 577. The molecule has 3 N–H and O–H groups in total. The number of amidine groups is 1. The monoisotopic (exact) mass is 276 g/mol. The lowest BCUT2D eigenvalue weighted by Gasteiger charge is -2.17. The zero-order chi connectivity index (χ0) is 11.8. The van der Waals surface area contributed by atoms with Gasteiger partial charge in [-0.2, -0.15) is 0 Å². The van der Waals surface area contributed by atoms with Gasteiger partial charge in [-0.3, -0.25) is 5.14 Å². The van der Waals surface area contributed by atoms with Crippen LogP contribution in [0, 0.1) is 0 Å². The molecular weight excluding hydrogens is 268 g/mol. The smallest absolute Gasteiger partial charge is 0.208 e. The van der Waals surface area contributed by atoms with Crippen molar-refractivity contribution < 1.29 is 4.21 Å². The van der Waals surface area contributed by atoms with Gasteiger partial charge < -0.3 is 4.72 Å². The van der Waals surface area contributed by atoms with Gasteiger partial charge in [0, 0.05) is 12.3 Å². The van der Waals surface area contributed by atoms with E-state index in [1.165, 1.54) is 17.3 Å². The Morgan fingerprint density at radius 3 is 3.12 bits per heavy atom. The second-order valence-electron chi connectivity index (χ2n) is 2.98. The van der Waals surface area contributed by atoms with Crippen molar-refractivity contribution in [3.8, 4) is 0 Å². The van der Waals surface area contributed by atoms with Crippen molar-refractivity contribution in [2.45, 2.75) is 11.8 Å². The summed E-state index contributed by atoms with van der Waals surface area (Å²) in [5, 5.41) is 7.61. The van der Waals surface area contributed by atoms with E-state index < -0.39 is 9.71 Å². The molecule has 0 aromatic carbocycles. The Kier molecular flexibility index (Phi) is 3.11. The number of hydrogen-bond acceptors (Lipinski definition) is 5. The summed E-state index contributed by atoms with van der Waals surface area (Å²) < 4.78 is 14.7. The number of aromatic nitrogens is 1. The van der Waals surface area contributed by atoms with Crippen LogP contribution in [0.25, 0.3) is 0 Å². The molecule has 2 rings (SSSR count). The molecule has 0 amide bonds. The first-order valence-corrected chi connectivity index (χ1v) is 7.19. The number of fused-ring (bicyclic) bond motifs is 1. The minimum absolute atomic E-state index is 0.245. The highest BCUT2D eigenvalue weighted by molar-refractivity contribution is 8.14. The molecule has 0 bridgehead atoms. The molecule has 86 valence electrons. The maximum Gasteiger partial charge on any atom is 0.208 e. The number of halogens is 1. The van der Waals surface area contributed by atoms with Gasteiger partial charge in [-0.25, -0.2) is 14.2 Å². The third-order valence-electron chi connectivity index (χ3n) is 1.94. The van der Waals surface area contributed by atoms with E-state index in [0.29, 0.717) is 10.8 Å². The van der Waals surface area contributed by atoms with Crippen molar-refractivity contribution in [1.29, 1.82) is 0 Å². The van der Waals surface area contributed by atoms with Crippen LogP contribution in [0.15, 0.2) is 22.2 Å². The average molecular weight is 277 g/mol. The molecule has 1 aromatic heterocycles. The van der Waals surface area contributed by atoms with E-state index in [1.807, 2.05) is 0 Å². The van der Waals surface area contributed by atoms with Gasteiger partial charge in [0.2, 0.25) is 5.17 Å². The van der Waals surface area contributed by atoms with E-state index in [4.69, 9.17) is 16.7 Å². The van der Waals surface area contributed by atoms with Crippen molar-refractivity contribution in [2.24, 2.45) is 10.1 Å². The van der Waals surface area contributed by atoms with Gasteiger partial charge >= 0.3 is 0 Å². The molecule has 1 atom stereocenters. The third-order valence-corrected chi connectivity index (χ3v) is 4.60. The summed E-state index contributed by atoms with van der Waals surface area (Å²) in [6, 6.07) is 1.61. The zero-order valence-electron chi connectivity index (χ0n) is 8.31. The van der Waals surface area contributed by atoms with Gasteiger partial charge in [0.1, 0.15) is 5.15 Å². The highest BCUT2D eigenvalue weighted by Gasteiger charge is 2.18. The quantitative estimate of drug-likeness (QED) is 0.425. The molecule has 0 fully saturated rings. The van der Waals surface area contributed by atoms with E-state index in [0.717, 1.165) is 4.90 Å². The number of hydrogen-bond donors (Lipinski definition) is 2. The van der Waals surface area contributed by atoms with Crippen LogP contribution in [0.4, 0.5) is 5.69 Å². The topological polar surface area (TPSA) is 80.4 Å². The van der Waals surface area contributed by atoms with Crippen LogP contribution >= 0.6 is 23.5 Å². The molecule has 0 saturated heterocycles. The fraction of sp³-hybridized carbons (Fsp3) is 0.125. The molecule has 0 radical (unpaired) electrons. The maximum absolute atomic E-state index is 11.9. The summed E-state index contributed by atoms with van der Waals surface area (Å²) in [7, 11) is -2.70. The lowest BCUT2D eigenvalue weighted by atomic mass is 10.4. The van der Waals surface area contributed by atoms with E-state index in [1.54, 1.807) is 19.2 Å². The standard InChI is InChI=1S/C8H9ClN4OS2/c1-2-16(10,14)8-12-5-3-7(9)11-4-6(5)15-13-8/h2-4H,1H3,(H2,10,14)(H,12,13). The summed E-state index contributed by atoms with van der Waals surface area (Å²) in [6.45, 7) is 1.63. The second kappa shape index (κ2) is 4.25. The van der Waals surface area contributed by atoms with Crippen LogP contribution in [0.5, 0.6) is 0 Å². The third kappa shape index (κ3) is 2.17. The predicted octanol–water partition coefficient (Wildman–Crippen LogP) is 1.31. The molecule has 16 heavy (non-hydrogen) atoms. The van der Waals surface area contributed by atoms with Gasteiger partial charge in [-0.15, -0.1) is 0 Å². The lowest BCUT2D eigenvalue weighted by molar-refractivity contribution is 0.688. The molecule has 2 heterocycles. The van der Waals surface area contributed by atoms with Crippen molar-refractivity contribution in [2.75, 3.05) is 0 Å². The minimum Gasteiger partial charge on any atom is -0.302 e. The summed E-state index contributed by atoms with van der Waals surface area (Å²) in [4.78, 5) is 8.92. The second-order valence-corrected chi connectivity index (χ2v) is 6.37. The van der Waals surface area contributed by atoms with Crippen LogP contribution in [-0.4, -0.2) is 19.7 Å². The summed E-state index contributed by atoms with van der Waals surface area (Å²) in [5.74, 6) is 0. The van der Waals surface area contributed by atoms with Crippen LogP contribution < -0.4 is 9.86 Å². The number of nitrogens with zero attached hydrogens (tertiary/aromatic N) is 2. The van der Waals surface area contributed by atoms with Crippen LogP contribution in [-0.2, 0) is 9.71 Å². The van der Waals surface area contributed by atoms with Gasteiger partial charge in [0.25, 0.3) is 0 Å². The predicted molar refractivity (Wildman–Crippen MR) is 69.4 cm³/mol. The molecular formula is C8H9ClN4OS2. The Morgan fingerprint density at radius 2 is 2.44 bits per heavy atom. The summed E-state index contributed by atoms with van der Waals surface area (Å²) in [5.41, 5.74) is 0.624. The Hall–Kier alpha value is -0.760. The fourth-order valence-electron chi connectivity index (χ4n) is 1.05. The first-order valence-electron chi connectivity index (χ1n) is 4.31. The highest BCUT2D eigenvalue weighted by Crippen LogP contribution is 2.32. The first-order chi connectivity index (χ1) is 7.53. The summed E-state index contributed by atoms with van der Waals surface area (Å²) >= 11 is 7.02. The largest absolute Gasteiger partial charge is 0.302 e. The average Bonchev–Trinajstić information content (AvgIpc) is 2.28. The molecule has 0 aliphatic carbocycles. The van der Waals surface area contributed by atoms with Gasteiger partial charge in [-0.05, 0) is 24.2 Å². The van der Waals surface area contributed by atoms with E-state index in [9.17, 15) is 4.21 Å². The molecule has 0 saturated carbocycles. The van der Waals surface area contributed by atoms with E-state index in [-0.39, 0.29) is 5.17 Å². The highest BCUT2D eigenvalue weighted by atomic mass is 35.5. The van der Waals surface area contributed by atoms with Crippen LogP contribution in [0.1, 0.15) is 6.92 Å². The van der Waals surface area contributed by atoms with Crippen molar-refractivity contribution in [3.63, 3.8) is 0 Å². The van der Waals surface area contributed by atoms with E-state index >= 15 is 0 Å². The minimum atomic E-state index is -2.70. The van der Waals surface area contributed by atoms with E-state index in [2.05, 4.69) is 14.7 Å². The summed E-state index contributed by atoms with van der Waals surface area (Å²) in [6.07, 6.45) is 1.60. The normalized spacial score (nSPS) is 17.8. The van der Waals surface area contributed by atoms with Gasteiger partial charge in [-0.1, -0.05) is 11.6 Å². The van der Waals surface area contributed by atoms with Crippen molar-refractivity contribution >= 4 is 49.5 Å². The molecule has 0 spiro atoms. The van der Waals surface area contributed by atoms with Gasteiger partial charge in [0.05, 0.1) is 20.3 Å². The number of rotatable bonds is 0. The number of aliphatic imine (C=N–C) groups is 1. The molecule has 1 aromatic rings.